The van der Waals surface area contributed by atoms with Crippen molar-refractivity contribution in [3.8, 4) is 11.1 Å². The molecular formula is C24H26FNO5S. The van der Waals surface area contributed by atoms with E-state index in [9.17, 15) is 27.8 Å². The second-order valence-corrected chi connectivity index (χ2v) is 9.97. The molecule has 0 radical (unpaired) electrons. The molecule has 0 heterocycles. The average Bonchev–Trinajstić information content (AvgIpc) is 2.89. The third kappa shape index (κ3) is 5.51. The zero-order chi connectivity index (χ0) is 23.5. The number of carboxylic acid groups (broad SMARTS) is 1. The van der Waals surface area contributed by atoms with Crippen LogP contribution in [0.2, 0.25) is 0 Å². The molecule has 0 unspecified atom stereocenters. The van der Waals surface area contributed by atoms with Crippen molar-refractivity contribution in [3.05, 3.63) is 77.1 Å². The fraction of sp³-hybridized carbons (Fsp3) is 0.292. The normalized spacial score (nSPS) is 12.2. The quantitative estimate of drug-likeness (QED) is 0.417. The van der Waals surface area contributed by atoms with Crippen LogP contribution in [0.4, 0.5) is 4.39 Å². The molecule has 0 atom stereocenters. The minimum absolute atomic E-state index is 0.00198. The van der Waals surface area contributed by atoms with Crippen LogP contribution in [0.5, 0.6) is 0 Å². The Balaban J connectivity index is 1.68. The Morgan fingerprint density at radius 2 is 1.62 bits per heavy atom. The van der Waals surface area contributed by atoms with Crippen LogP contribution in [0.15, 0.2) is 59.5 Å². The van der Waals surface area contributed by atoms with Crippen LogP contribution in [0, 0.1) is 5.82 Å². The van der Waals surface area contributed by atoms with Crippen molar-refractivity contribution in [2.45, 2.75) is 43.6 Å². The van der Waals surface area contributed by atoms with E-state index in [-0.39, 0.29) is 17.0 Å². The Bertz CT molecular complexity index is 1180. The molecule has 0 fully saturated rings. The Labute approximate surface area is 187 Å². The first-order valence-corrected chi connectivity index (χ1v) is 11.7. The van der Waals surface area contributed by atoms with Crippen molar-refractivity contribution in [2.24, 2.45) is 0 Å². The van der Waals surface area contributed by atoms with E-state index in [2.05, 4.69) is 4.72 Å². The molecule has 170 valence electrons. The van der Waals surface area contributed by atoms with Crippen molar-refractivity contribution < 1.29 is 27.8 Å². The van der Waals surface area contributed by atoms with Gasteiger partial charge in [0.15, 0.2) is 0 Å². The van der Waals surface area contributed by atoms with Gasteiger partial charge in [-0.15, -0.1) is 0 Å². The van der Waals surface area contributed by atoms with Gasteiger partial charge >= 0.3 is 5.97 Å². The van der Waals surface area contributed by atoms with E-state index in [0.717, 1.165) is 23.3 Å². The Morgan fingerprint density at radius 3 is 2.22 bits per heavy atom. The molecule has 1 aromatic carbocycles. The summed E-state index contributed by atoms with van der Waals surface area (Å²) in [4.78, 5) is 11.7. The highest BCUT2D eigenvalue weighted by Crippen LogP contribution is 2.34. The van der Waals surface area contributed by atoms with Crippen LogP contribution in [-0.2, 0) is 22.0 Å². The monoisotopic (exact) mass is 459 g/mol. The number of benzene rings is 1. The fourth-order valence-electron chi connectivity index (χ4n) is 3.56. The van der Waals surface area contributed by atoms with E-state index in [0.29, 0.717) is 30.4 Å². The lowest BCUT2D eigenvalue weighted by Gasteiger charge is -2.15. The number of fused-ring (bicyclic) bond motifs is 1. The lowest BCUT2D eigenvalue weighted by Crippen LogP contribution is -2.24. The van der Waals surface area contributed by atoms with Crippen LogP contribution >= 0.6 is 0 Å². The zero-order valence-corrected chi connectivity index (χ0v) is 18.7. The molecule has 3 N–H and O–H groups in total. The largest absolute Gasteiger partial charge is 0.478 e. The molecule has 32 heavy (non-hydrogen) atoms. The highest BCUT2D eigenvalue weighted by molar-refractivity contribution is 7.89. The molecule has 0 aliphatic heterocycles. The molecule has 0 aromatic heterocycles. The number of aromatic carboxylic acids is 1. The van der Waals surface area contributed by atoms with Crippen LogP contribution in [0.3, 0.4) is 0 Å². The third-order valence-electron chi connectivity index (χ3n) is 5.33. The first kappa shape index (κ1) is 23.8. The van der Waals surface area contributed by atoms with Crippen LogP contribution in [-0.4, -0.2) is 31.1 Å². The number of unbranched alkanes of at least 4 members (excludes halogenated alkanes) is 1. The summed E-state index contributed by atoms with van der Waals surface area (Å²) in [6.45, 7) is 3.54. The van der Waals surface area contributed by atoms with E-state index < -0.39 is 27.4 Å². The van der Waals surface area contributed by atoms with Crippen LogP contribution < -0.4 is 4.72 Å². The van der Waals surface area contributed by atoms with Gasteiger partial charge in [-0.05, 0) is 85.7 Å². The highest BCUT2D eigenvalue weighted by atomic mass is 32.2. The van der Waals surface area contributed by atoms with Crippen molar-refractivity contribution in [1.29, 1.82) is 0 Å². The topological polar surface area (TPSA) is 104 Å². The lowest BCUT2D eigenvalue weighted by atomic mass is 10.0. The number of carboxylic acids is 1. The molecule has 8 heteroatoms. The van der Waals surface area contributed by atoms with Gasteiger partial charge in [0.2, 0.25) is 10.0 Å². The number of carbonyl (C=O) groups is 1. The number of nitrogens with one attached hydrogen (secondary N) is 1. The predicted molar refractivity (Wildman–Crippen MR) is 120 cm³/mol. The minimum atomic E-state index is -3.71. The Kier molecular flexibility index (Phi) is 6.97. The second kappa shape index (κ2) is 9.36. The molecule has 0 bridgehead atoms. The van der Waals surface area contributed by atoms with Crippen molar-refractivity contribution in [1.82, 2.24) is 4.72 Å². The number of halogens is 1. The fourth-order valence-corrected chi connectivity index (χ4v) is 4.64. The van der Waals surface area contributed by atoms with Crippen molar-refractivity contribution in [3.63, 3.8) is 0 Å². The van der Waals surface area contributed by atoms with Gasteiger partial charge in [-0.2, -0.15) is 0 Å². The number of hydrogen-bond donors (Lipinski definition) is 3. The van der Waals surface area contributed by atoms with Gasteiger partial charge in [0.1, 0.15) is 5.82 Å². The van der Waals surface area contributed by atoms with E-state index in [1.807, 2.05) is 6.07 Å². The average molecular weight is 460 g/mol. The van der Waals surface area contributed by atoms with Gasteiger partial charge in [-0.25, -0.2) is 22.3 Å². The maximum Gasteiger partial charge on any atom is 0.336 e. The smallest absolute Gasteiger partial charge is 0.336 e. The van der Waals surface area contributed by atoms with E-state index in [1.165, 1.54) is 12.1 Å². The first-order valence-electron chi connectivity index (χ1n) is 10.3. The van der Waals surface area contributed by atoms with E-state index in [4.69, 9.17) is 0 Å². The summed E-state index contributed by atoms with van der Waals surface area (Å²) in [5.74, 6) is -1.53. The molecule has 1 aromatic rings. The van der Waals surface area contributed by atoms with Gasteiger partial charge < -0.3 is 10.2 Å². The number of aliphatic hydroxyl groups is 1. The van der Waals surface area contributed by atoms with Gasteiger partial charge in [0.05, 0.1) is 16.1 Å². The molecule has 6 nitrogen and oxygen atoms in total. The Morgan fingerprint density at radius 1 is 1.00 bits per heavy atom. The van der Waals surface area contributed by atoms with Gasteiger partial charge in [-0.3, -0.25) is 0 Å². The molecule has 0 spiro atoms. The number of aryl methyl sites for hydroxylation is 1. The predicted octanol–water partition coefficient (Wildman–Crippen LogP) is 4.16. The summed E-state index contributed by atoms with van der Waals surface area (Å²) in [7, 11) is -3.71. The van der Waals surface area contributed by atoms with Gasteiger partial charge in [0, 0.05) is 6.54 Å². The molecule has 2 aliphatic carbocycles. The summed E-state index contributed by atoms with van der Waals surface area (Å²) in [6.07, 6.45) is 1.76. The number of sulfonamides is 1. The van der Waals surface area contributed by atoms with Crippen LogP contribution in [0.1, 0.15) is 48.2 Å². The molecule has 3 rings (SSSR count). The van der Waals surface area contributed by atoms with Crippen molar-refractivity contribution >= 4 is 16.0 Å². The minimum Gasteiger partial charge on any atom is -0.478 e. The number of hydrogen-bond acceptors (Lipinski definition) is 4. The summed E-state index contributed by atoms with van der Waals surface area (Å²) in [5.41, 5.74) is 2.07. The lowest BCUT2D eigenvalue weighted by molar-refractivity contribution is 0.0697. The summed E-state index contributed by atoms with van der Waals surface area (Å²) in [6, 6.07) is 13.3. The maximum atomic E-state index is 13.0. The molecule has 2 aliphatic rings. The van der Waals surface area contributed by atoms with E-state index in [1.54, 1.807) is 38.1 Å². The third-order valence-corrected chi connectivity index (χ3v) is 6.81. The molecule has 0 saturated heterocycles. The summed E-state index contributed by atoms with van der Waals surface area (Å²) < 4.78 is 40.0. The molecule has 0 saturated carbocycles. The van der Waals surface area contributed by atoms with Crippen LogP contribution in [0.25, 0.3) is 11.1 Å². The van der Waals surface area contributed by atoms with Crippen molar-refractivity contribution in [2.75, 3.05) is 6.54 Å². The maximum absolute atomic E-state index is 13.0. The molecule has 0 amide bonds. The first-order chi connectivity index (χ1) is 15.0. The summed E-state index contributed by atoms with van der Waals surface area (Å²) >= 11 is 0. The van der Waals surface area contributed by atoms with Gasteiger partial charge in [-0.1, -0.05) is 24.3 Å². The number of rotatable bonds is 9. The standard InChI is InChI=1S/C24H26FNO5S/c1-24(2,29)17-6-12-20-16(15-22(23(27)28)21(20)13-7-17)5-3-4-14-26-32(30,31)19-10-8-18(25)9-11-19/h6-13,15,26,29H,3-5,14H2,1-2H3,(H,27,28). The second-order valence-electron chi connectivity index (χ2n) is 8.21. The Hall–Kier alpha value is -2.81. The summed E-state index contributed by atoms with van der Waals surface area (Å²) in [5, 5.41) is 19.8. The highest BCUT2D eigenvalue weighted by Gasteiger charge is 2.21. The van der Waals surface area contributed by atoms with E-state index >= 15 is 0 Å². The SMILES string of the molecule is CC(C)(O)c1ccc2c(CCCCNS(=O)(=O)c3ccc(F)cc3)cc(C(=O)O)c-2cc1. The molecular weight excluding hydrogens is 433 g/mol. The zero-order valence-electron chi connectivity index (χ0n) is 17.9. The van der Waals surface area contributed by atoms with Gasteiger partial charge in [0.25, 0.3) is 0 Å².